The van der Waals surface area contributed by atoms with Crippen molar-refractivity contribution in [3.05, 3.63) is 174 Å². The second-order valence-corrected chi connectivity index (χ2v) is 12.8. The number of hydrogen-bond donors (Lipinski definition) is 2. The summed E-state index contributed by atoms with van der Waals surface area (Å²) in [6, 6.07) is 56.7. The van der Waals surface area contributed by atoms with E-state index in [2.05, 4.69) is 160 Å². The maximum atomic E-state index is 6.49. The van der Waals surface area contributed by atoms with Gasteiger partial charge in [-0.2, -0.15) is 0 Å². The Morgan fingerprint density at radius 3 is 2.02 bits per heavy atom. The third-order valence-corrected chi connectivity index (χ3v) is 10.1. The van der Waals surface area contributed by atoms with E-state index in [1.807, 2.05) is 12.1 Å². The highest BCUT2D eigenvalue weighted by atomic mass is 15.0. The van der Waals surface area contributed by atoms with E-state index in [0.717, 1.165) is 16.9 Å². The van der Waals surface area contributed by atoms with E-state index in [1.54, 1.807) is 0 Å². The minimum atomic E-state index is -0.0273. The molecule has 0 saturated heterocycles. The molecule has 0 aliphatic carbocycles. The first-order chi connectivity index (χ1) is 23.8. The molecule has 4 nitrogen and oxygen atoms in total. The van der Waals surface area contributed by atoms with Crippen molar-refractivity contribution in [2.45, 2.75) is 12.6 Å². The van der Waals surface area contributed by atoms with Crippen LogP contribution in [-0.2, 0) is 6.54 Å². The highest BCUT2D eigenvalue weighted by Crippen LogP contribution is 2.44. The molecule has 10 aromatic rings. The van der Waals surface area contributed by atoms with Gasteiger partial charge in [-0.25, -0.2) is 0 Å². The Hall–Kier alpha value is -6.10. The molecule has 1 atom stereocenters. The molecule has 0 saturated carbocycles. The van der Waals surface area contributed by atoms with Crippen LogP contribution in [0.4, 0.5) is 5.69 Å². The zero-order chi connectivity index (χ0) is 31.8. The molecule has 1 unspecified atom stereocenters. The molecule has 0 bridgehead atoms. The Labute approximate surface area is 277 Å². The second-order valence-electron chi connectivity index (χ2n) is 12.8. The van der Waals surface area contributed by atoms with Crippen LogP contribution in [0.25, 0.3) is 65.6 Å². The van der Waals surface area contributed by atoms with Gasteiger partial charge in [0.05, 0.1) is 33.6 Å². The van der Waals surface area contributed by atoms with Crippen molar-refractivity contribution in [3.8, 4) is 5.69 Å². The molecular weight excluding hydrogens is 585 g/mol. The van der Waals surface area contributed by atoms with Gasteiger partial charge in [0.2, 0.25) is 0 Å². The molecule has 4 heteroatoms. The molecule has 0 aliphatic heterocycles. The van der Waals surface area contributed by atoms with E-state index in [9.17, 15) is 0 Å². The minimum absolute atomic E-state index is 0.0273. The molecule has 3 N–H and O–H groups in total. The van der Waals surface area contributed by atoms with Gasteiger partial charge in [0.15, 0.2) is 0 Å². The lowest BCUT2D eigenvalue weighted by atomic mass is 9.97. The second kappa shape index (κ2) is 10.5. The lowest BCUT2D eigenvalue weighted by molar-refractivity contribution is 0.606. The summed E-state index contributed by atoms with van der Waals surface area (Å²) in [6.07, 6.45) is 0. The lowest BCUT2D eigenvalue weighted by Crippen LogP contribution is -2.23. The number of nitrogens with zero attached hydrogens (tertiary/aromatic N) is 2. The van der Waals surface area contributed by atoms with Crippen molar-refractivity contribution in [3.63, 3.8) is 0 Å². The van der Waals surface area contributed by atoms with Crippen molar-refractivity contribution in [2.75, 3.05) is 5.73 Å². The quantitative estimate of drug-likeness (QED) is 0.183. The van der Waals surface area contributed by atoms with Crippen LogP contribution >= 0.6 is 0 Å². The fourth-order valence-corrected chi connectivity index (χ4v) is 8.12. The number of fused-ring (bicyclic) bond motifs is 5. The number of anilines is 1. The number of rotatable bonds is 6. The first-order valence-corrected chi connectivity index (χ1v) is 16.6. The van der Waals surface area contributed by atoms with Crippen molar-refractivity contribution in [1.29, 1.82) is 0 Å². The highest BCUT2D eigenvalue weighted by molar-refractivity contribution is 6.31. The summed E-state index contributed by atoms with van der Waals surface area (Å²) in [5.41, 5.74) is 18.1. The summed E-state index contributed by atoms with van der Waals surface area (Å²) < 4.78 is 4.94. The number of nitrogen functional groups attached to an aromatic ring is 1. The summed E-state index contributed by atoms with van der Waals surface area (Å²) >= 11 is 0. The van der Waals surface area contributed by atoms with Crippen molar-refractivity contribution >= 4 is 65.6 Å². The van der Waals surface area contributed by atoms with Gasteiger partial charge >= 0.3 is 0 Å². The highest BCUT2D eigenvalue weighted by Gasteiger charge is 2.22. The normalized spacial score (nSPS) is 12.8. The van der Waals surface area contributed by atoms with Crippen molar-refractivity contribution in [1.82, 2.24) is 14.3 Å². The predicted octanol–water partition coefficient (Wildman–Crippen LogP) is 10.4. The third-order valence-electron chi connectivity index (χ3n) is 10.1. The van der Waals surface area contributed by atoms with E-state index in [1.165, 1.54) is 71.0 Å². The molecule has 0 aliphatic rings. The molecule has 0 radical (unpaired) electrons. The lowest BCUT2D eigenvalue weighted by Gasteiger charge is -2.22. The summed E-state index contributed by atoms with van der Waals surface area (Å²) in [7, 11) is 0. The summed E-state index contributed by atoms with van der Waals surface area (Å²) in [6.45, 7) is 0.691. The first-order valence-electron chi connectivity index (χ1n) is 16.6. The average Bonchev–Trinajstić information content (AvgIpc) is 3.62. The molecule has 7 aromatic carbocycles. The van der Waals surface area contributed by atoms with Crippen LogP contribution in [-0.4, -0.2) is 8.97 Å². The van der Waals surface area contributed by atoms with Crippen LogP contribution < -0.4 is 11.1 Å². The number of hydrogen-bond acceptors (Lipinski definition) is 2. The maximum Gasteiger partial charge on any atom is 0.0619 e. The van der Waals surface area contributed by atoms with E-state index in [0.29, 0.717) is 6.54 Å². The number of aromatic nitrogens is 2. The molecule has 0 fully saturated rings. The van der Waals surface area contributed by atoms with E-state index >= 15 is 0 Å². The average molecular weight is 617 g/mol. The van der Waals surface area contributed by atoms with Crippen LogP contribution in [0.15, 0.2) is 158 Å². The number of para-hydroxylation sites is 3. The van der Waals surface area contributed by atoms with Gasteiger partial charge in [-0.1, -0.05) is 115 Å². The van der Waals surface area contributed by atoms with Gasteiger partial charge in [0.1, 0.15) is 0 Å². The van der Waals surface area contributed by atoms with Crippen LogP contribution in [0.2, 0.25) is 0 Å². The fraction of sp³-hybridized carbons (Fsp3) is 0.0455. The topological polar surface area (TPSA) is 47.4 Å². The molecule has 0 spiro atoms. The largest absolute Gasteiger partial charge is 0.398 e. The van der Waals surface area contributed by atoms with Gasteiger partial charge in [-0.05, 0) is 64.5 Å². The van der Waals surface area contributed by atoms with Gasteiger partial charge in [-0.15, -0.1) is 0 Å². The smallest absolute Gasteiger partial charge is 0.0619 e. The van der Waals surface area contributed by atoms with Gasteiger partial charge in [0.25, 0.3) is 0 Å². The molecule has 3 aromatic heterocycles. The summed E-state index contributed by atoms with van der Waals surface area (Å²) in [4.78, 5) is 0. The van der Waals surface area contributed by atoms with Gasteiger partial charge in [0, 0.05) is 44.9 Å². The molecule has 3 heterocycles. The van der Waals surface area contributed by atoms with Crippen LogP contribution in [0, 0.1) is 0 Å². The van der Waals surface area contributed by atoms with Crippen LogP contribution in [0.3, 0.4) is 0 Å². The van der Waals surface area contributed by atoms with Gasteiger partial charge in [-0.3, -0.25) is 0 Å². The van der Waals surface area contributed by atoms with E-state index in [4.69, 9.17) is 5.73 Å². The Kier molecular flexibility index (Phi) is 5.90. The molecule has 0 amide bonds. The zero-order valence-electron chi connectivity index (χ0n) is 26.3. The predicted molar refractivity (Wildman–Crippen MR) is 201 cm³/mol. The molecule has 48 heavy (non-hydrogen) atoms. The van der Waals surface area contributed by atoms with Crippen molar-refractivity contribution in [2.24, 2.45) is 0 Å². The molecular formula is C44H32N4. The standard InChI is InChI=1S/C44H32N4/c45-36-21-6-4-17-35(36)43(29-13-2-1-3-14-29)46-27-28-12-8-15-30(26-28)47-38-23-10-18-32-34-20-9-19-33-31-16-5-7-22-37(31)48(44(33)34)40-25-11-24-39(47)42(40)41(32)38/h1-26,43,46H,27,45H2. The van der Waals surface area contributed by atoms with Crippen LogP contribution in [0.1, 0.15) is 22.7 Å². The Bertz CT molecular complexity index is 2800. The van der Waals surface area contributed by atoms with E-state index in [-0.39, 0.29) is 6.04 Å². The Balaban J connectivity index is 1.17. The summed E-state index contributed by atoms with van der Waals surface area (Å²) in [5.74, 6) is 0. The van der Waals surface area contributed by atoms with Gasteiger partial charge < -0.3 is 20.0 Å². The minimum Gasteiger partial charge on any atom is -0.398 e. The Morgan fingerprint density at radius 2 is 1.15 bits per heavy atom. The summed E-state index contributed by atoms with van der Waals surface area (Å²) in [5, 5.41) is 11.6. The van der Waals surface area contributed by atoms with Crippen molar-refractivity contribution < 1.29 is 0 Å². The maximum absolute atomic E-state index is 6.49. The number of benzene rings is 7. The number of nitrogens with two attached hydrogens (primary N) is 1. The molecule has 10 rings (SSSR count). The zero-order valence-corrected chi connectivity index (χ0v) is 26.3. The first kappa shape index (κ1) is 27.1. The number of nitrogens with one attached hydrogen (secondary N) is 1. The monoisotopic (exact) mass is 616 g/mol. The van der Waals surface area contributed by atoms with E-state index < -0.39 is 0 Å². The Morgan fingerprint density at radius 1 is 0.521 bits per heavy atom. The third kappa shape index (κ3) is 3.87. The fourth-order valence-electron chi connectivity index (χ4n) is 8.12. The van der Waals surface area contributed by atoms with Crippen LogP contribution in [0.5, 0.6) is 0 Å². The SMILES string of the molecule is Nc1ccccc1C(NCc1cccc(-n2c3cccc4c5cccc6c7ccccc7n(c7cccc2c7c43)c56)c1)c1ccccc1. The molecule has 228 valence electrons.